The second kappa shape index (κ2) is 7.74. The molecular weight excluding hydrogens is 425 g/mol. The van der Waals surface area contributed by atoms with Crippen molar-refractivity contribution < 1.29 is 9.90 Å². The highest BCUT2D eigenvalue weighted by molar-refractivity contribution is 6.34. The lowest BCUT2D eigenvalue weighted by Gasteiger charge is -2.20. The van der Waals surface area contributed by atoms with Crippen LogP contribution in [0.5, 0.6) is 0 Å². The Balaban J connectivity index is 1.90. The van der Waals surface area contributed by atoms with E-state index in [1.807, 2.05) is 37.3 Å². The number of carboxylic acid groups (broad SMARTS) is 1. The van der Waals surface area contributed by atoms with Crippen LogP contribution in [0.2, 0.25) is 10.3 Å². The summed E-state index contributed by atoms with van der Waals surface area (Å²) in [5.74, 6) is -0.311. The van der Waals surface area contributed by atoms with Gasteiger partial charge in [-0.1, -0.05) is 36.2 Å². The first kappa shape index (κ1) is 20.4. The molecule has 4 aromatic rings. The van der Waals surface area contributed by atoms with Gasteiger partial charge in [0.25, 0.3) is 0 Å². The van der Waals surface area contributed by atoms with Gasteiger partial charge < -0.3 is 10.4 Å². The summed E-state index contributed by atoms with van der Waals surface area (Å²) in [6, 6.07) is 6.99. The van der Waals surface area contributed by atoms with Crippen LogP contribution in [0.4, 0.5) is 5.69 Å². The highest BCUT2D eigenvalue weighted by Crippen LogP contribution is 2.33. The van der Waals surface area contributed by atoms with E-state index in [-0.39, 0.29) is 16.9 Å². The standard InChI is InChI=1S/C21H19Cl2N5O2/c1-4-16-27-17-12(7-10(2)8-13(17)19-20(23)24-9-28(16)19)11(3)25-14-5-6-15(22)26-18(14)21(29)30/h5-9,11,25H,4H2,1-3H3,(H,29,30)/t11-/m1/s1. The fourth-order valence-corrected chi connectivity index (χ4v) is 4.05. The summed E-state index contributed by atoms with van der Waals surface area (Å²) in [6.07, 6.45) is 2.39. The fourth-order valence-electron chi connectivity index (χ4n) is 3.66. The minimum absolute atomic E-state index is 0.124. The Bertz CT molecular complexity index is 1300. The van der Waals surface area contributed by atoms with Gasteiger partial charge in [-0.15, -0.1) is 0 Å². The molecule has 9 heteroatoms. The molecule has 30 heavy (non-hydrogen) atoms. The van der Waals surface area contributed by atoms with Gasteiger partial charge >= 0.3 is 5.97 Å². The number of fused-ring (bicyclic) bond motifs is 3. The van der Waals surface area contributed by atoms with Crippen molar-refractivity contribution in [2.24, 2.45) is 0 Å². The topological polar surface area (TPSA) is 92.4 Å². The number of carboxylic acids is 1. The summed E-state index contributed by atoms with van der Waals surface area (Å²) in [4.78, 5) is 24.7. The molecule has 154 valence electrons. The van der Waals surface area contributed by atoms with E-state index in [4.69, 9.17) is 28.2 Å². The van der Waals surface area contributed by atoms with Crippen molar-refractivity contribution in [2.45, 2.75) is 33.2 Å². The lowest BCUT2D eigenvalue weighted by Crippen LogP contribution is -2.13. The second-order valence-corrected chi connectivity index (χ2v) is 7.83. The third-order valence-corrected chi connectivity index (χ3v) is 5.49. The summed E-state index contributed by atoms with van der Waals surface area (Å²) in [7, 11) is 0. The number of pyridine rings is 1. The zero-order valence-corrected chi connectivity index (χ0v) is 18.1. The van der Waals surface area contributed by atoms with Gasteiger partial charge in [0.1, 0.15) is 17.3 Å². The lowest BCUT2D eigenvalue weighted by molar-refractivity contribution is 0.0691. The molecule has 7 nitrogen and oxygen atoms in total. The second-order valence-electron chi connectivity index (χ2n) is 7.09. The highest BCUT2D eigenvalue weighted by Gasteiger charge is 2.20. The SMILES string of the molecule is CCc1nc2c([C@@H](C)Nc3ccc(Cl)nc3C(=O)O)cc(C)cc2c2c(Cl)ncn12. The molecule has 0 bridgehead atoms. The smallest absolute Gasteiger partial charge is 0.356 e. The van der Waals surface area contributed by atoms with Crippen LogP contribution in [0.25, 0.3) is 16.4 Å². The maximum absolute atomic E-state index is 11.6. The average molecular weight is 444 g/mol. The molecule has 1 atom stereocenters. The average Bonchev–Trinajstić information content (AvgIpc) is 3.10. The van der Waals surface area contributed by atoms with E-state index in [2.05, 4.69) is 15.3 Å². The van der Waals surface area contributed by atoms with Crippen LogP contribution >= 0.6 is 23.2 Å². The van der Waals surface area contributed by atoms with Crippen LogP contribution in [-0.4, -0.2) is 30.4 Å². The van der Waals surface area contributed by atoms with Crippen molar-refractivity contribution in [1.82, 2.24) is 19.4 Å². The molecular formula is C21H19Cl2N5O2. The molecule has 0 unspecified atom stereocenters. The molecule has 0 radical (unpaired) electrons. The van der Waals surface area contributed by atoms with Crippen LogP contribution in [0.3, 0.4) is 0 Å². The Morgan fingerprint density at radius 1 is 1.27 bits per heavy atom. The molecule has 0 saturated carbocycles. The number of aryl methyl sites for hydroxylation is 2. The number of imidazole rings is 1. The van der Waals surface area contributed by atoms with Crippen molar-refractivity contribution >= 4 is 51.3 Å². The number of halogens is 2. The van der Waals surface area contributed by atoms with Gasteiger partial charge in [0.05, 0.1) is 22.8 Å². The molecule has 0 fully saturated rings. The summed E-state index contributed by atoms with van der Waals surface area (Å²) < 4.78 is 1.91. The highest BCUT2D eigenvalue weighted by atomic mass is 35.5. The Morgan fingerprint density at radius 2 is 2.03 bits per heavy atom. The van der Waals surface area contributed by atoms with Crippen LogP contribution in [-0.2, 0) is 6.42 Å². The van der Waals surface area contributed by atoms with Gasteiger partial charge in [0.15, 0.2) is 10.8 Å². The largest absolute Gasteiger partial charge is 0.476 e. The molecule has 3 heterocycles. The van der Waals surface area contributed by atoms with Crippen molar-refractivity contribution in [2.75, 3.05) is 5.32 Å². The molecule has 0 aliphatic heterocycles. The van der Waals surface area contributed by atoms with E-state index in [1.54, 1.807) is 18.5 Å². The van der Waals surface area contributed by atoms with Gasteiger partial charge in [-0.3, -0.25) is 4.40 Å². The van der Waals surface area contributed by atoms with E-state index in [1.165, 1.54) is 0 Å². The van der Waals surface area contributed by atoms with Crippen molar-refractivity contribution in [1.29, 1.82) is 0 Å². The lowest BCUT2D eigenvalue weighted by atomic mass is 10.00. The quantitative estimate of drug-likeness (QED) is 0.405. The molecule has 0 aliphatic rings. The van der Waals surface area contributed by atoms with Crippen LogP contribution in [0.15, 0.2) is 30.6 Å². The number of nitrogens with one attached hydrogen (secondary N) is 1. The Kier molecular flexibility index (Phi) is 5.26. The van der Waals surface area contributed by atoms with Crippen molar-refractivity contribution in [3.63, 3.8) is 0 Å². The fraction of sp³-hybridized carbons (Fsp3) is 0.238. The molecule has 0 amide bonds. The van der Waals surface area contributed by atoms with Gasteiger partial charge in [-0.05, 0) is 37.6 Å². The molecule has 2 N–H and O–H groups in total. The monoisotopic (exact) mass is 443 g/mol. The van der Waals surface area contributed by atoms with Gasteiger partial charge in [0, 0.05) is 17.4 Å². The number of hydrogen-bond donors (Lipinski definition) is 2. The molecule has 0 saturated heterocycles. The number of benzene rings is 1. The number of carbonyl (C=O) groups is 1. The predicted molar refractivity (Wildman–Crippen MR) is 118 cm³/mol. The van der Waals surface area contributed by atoms with E-state index in [9.17, 15) is 9.90 Å². The van der Waals surface area contributed by atoms with E-state index in [0.29, 0.717) is 17.3 Å². The van der Waals surface area contributed by atoms with E-state index < -0.39 is 5.97 Å². The Morgan fingerprint density at radius 3 is 2.73 bits per heavy atom. The summed E-state index contributed by atoms with van der Waals surface area (Å²) in [5, 5.41) is 14.2. The summed E-state index contributed by atoms with van der Waals surface area (Å²) >= 11 is 12.3. The number of aromatic carboxylic acids is 1. The molecule has 1 aromatic carbocycles. The van der Waals surface area contributed by atoms with Crippen LogP contribution < -0.4 is 5.32 Å². The first-order valence-corrected chi connectivity index (χ1v) is 10.2. The Hall–Kier alpha value is -2.90. The number of hydrogen-bond acceptors (Lipinski definition) is 5. The minimum Gasteiger partial charge on any atom is -0.476 e. The molecule has 4 rings (SSSR count). The molecule has 3 aromatic heterocycles. The third-order valence-electron chi connectivity index (χ3n) is 5.00. The number of aromatic nitrogens is 4. The Labute approximate surface area is 182 Å². The van der Waals surface area contributed by atoms with Crippen molar-refractivity contribution in [3.8, 4) is 0 Å². The zero-order valence-electron chi connectivity index (χ0n) is 16.6. The number of anilines is 1. The maximum atomic E-state index is 11.6. The number of nitrogens with zero attached hydrogens (tertiary/aromatic N) is 4. The van der Waals surface area contributed by atoms with E-state index in [0.717, 1.165) is 33.4 Å². The first-order chi connectivity index (χ1) is 14.3. The van der Waals surface area contributed by atoms with E-state index >= 15 is 0 Å². The normalized spacial score (nSPS) is 12.4. The third kappa shape index (κ3) is 3.44. The van der Waals surface area contributed by atoms with Gasteiger partial charge in [-0.25, -0.2) is 19.7 Å². The van der Waals surface area contributed by atoms with Gasteiger partial charge in [-0.2, -0.15) is 0 Å². The molecule has 0 spiro atoms. The van der Waals surface area contributed by atoms with Crippen LogP contribution in [0.1, 0.15) is 47.3 Å². The predicted octanol–water partition coefficient (Wildman–Crippen LogP) is 5.33. The summed E-state index contributed by atoms with van der Waals surface area (Å²) in [6.45, 7) is 5.97. The first-order valence-electron chi connectivity index (χ1n) is 9.42. The zero-order chi connectivity index (χ0) is 21.6. The van der Waals surface area contributed by atoms with Crippen molar-refractivity contribution in [3.05, 3.63) is 63.5 Å². The molecule has 0 aliphatic carbocycles. The van der Waals surface area contributed by atoms with Crippen LogP contribution in [0, 0.1) is 6.92 Å². The summed E-state index contributed by atoms with van der Waals surface area (Å²) in [5.41, 5.74) is 3.82. The minimum atomic E-state index is -1.15. The maximum Gasteiger partial charge on any atom is 0.356 e. The van der Waals surface area contributed by atoms with Gasteiger partial charge in [0.2, 0.25) is 0 Å². The number of rotatable bonds is 5.